The monoisotopic (exact) mass is 447 g/mol. The quantitative estimate of drug-likeness (QED) is 0.460. The van der Waals surface area contributed by atoms with Gasteiger partial charge in [-0.15, -0.1) is 0 Å². The first-order chi connectivity index (χ1) is 15.5. The molecule has 1 aromatic heterocycles. The van der Waals surface area contributed by atoms with Crippen LogP contribution < -0.4 is 9.80 Å². The predicted molar refractivity (Wildman–Crippen MR) is 124 cm³/mol. The number of halogens is 1. The Bertz CT molecular complexity index is 1350. The maximum atomic E-state index is 13.5. The molecular formula is C25H22FN3O2S. The normalized spacial score (nSPS) is 14.7. The molecule has 5 rings (SSSR count). The van der Waals surface area contributed by atoms with Gasteiger partial charge in [0.15, 0.2) is 0 Å². The first-order valence-corrected chi connectivity index (χ1v) is 12.0. The van der Waals surface area contributed by atoms with Crippen molar-refractivity contribution in [1.82, 2.24) is 4.98 Å². The van der Waals surface area contributed by atoms with E-state index in [4.69, 9.17) is 0 Å². The van der Waals surface area contributed by atoms with Gasteiger partial charge in [-0.05, 0) is 42.5 Å². The summed E-state index contributed by atoms with van der Waals surface area (Å²) in [7, 11) is -3.74. The number of anilines is 2. The van der Waals surface area contributed by atoms with Crippen LogP contribution in [0.3, 0.4) is 0 Å². The highest BCUT2D eigenvalue weighted by Crippen LogP contribution is 2.36. The van der Waals surface area contributed by atoms with E-state index in [-0.39, 0.29) is 15.6 Å². The number of nitrogens with zero attached hydrogens (tertiary/aromatic N) is 3. The molecule has 0 bridgehead atoms. The van der Waals surface area contributed by atoms with Gasteiger partial charge in [0.1, 0.15) is 10.7 Å². The summed E-state index contributed by atoms with van der Waals surface area (Å²) >= 11 is 0. The molecule has 2 heterocycles. The van der Waals surface area contributed by atoms with Gasteiger partial charge in [0.2, 0.25) is 9.84 Å². The number of hydrogen-bond donors (Lipinski definition) is 0. The molecule has 32 heavy (non-hydrogen) atoms. The van der Waals surface area contributed by atoms with Crippen molar-refractivity contribution in [3.63, 3.8) is 0 Å². The first-order valence-electron chi connectivity index (χ1n) is 10.5. The largest absolute Gasteiger partial charge is 0.368 e. The van der Waals surface area contributed by atoms with Crippen LogP contribution in [0, 0.1) is 5.82 Å². The molecule has 0 atom stereocenters. The molecule has 1 aliphatic rings. The summed E-state index contributed by atoms with van der Waals surface area (Å²) in [6.45, 7) is 2.69. The number of rotatable bonds is 4. The third kappa shape index (κ3) is 3.69. The van der Waals surface area contributed by atoms with Crippen LogP contribution in [0.1, 0.15) is 0 Å². The Morgan fingerprint density at radius 1 is 0.750 bits per heavy atom. The number of fused-ring (bicyclic) bond motifs is 1. The fraction of sp³-hybridized carbons (Fsp3) is 0.160. The highest BCUT2D eigenvalue weighted by atomic mass is 32.2. The van der Waals surface area contributed by atoms with Gasteiger partial charge in [-0.25, -0.2) is 12.8 Å². The lowest BCUT2D eigenvalue weighted by atomic mass is 10.1. The van der Waals surface area contributed by atoms with Crippen LogP contribution in [0.5, 0.6) is 0 Å². The number of sulfone groups is 1. The van der Waals surface area contributed by atoms with E-state index in [1.807, 2.05) is 24.3 Å². The molecule has 3 aromatic carbocycles. The standard InChI is InChI=1S/C25H22FN3O2S/c26-19-10-12-20(13-11-19)28-14-16-29(17-15-28)25-22-8-4-5-9-23(22)27-18-24(25)32(30,31)21-6-2-1-3-7-21/h1-13,18H,14-17H2. The lowest BCUT2D eigenvalue weighted by molar-refractivity contribution is 0.594. The van der Waals surface area contributed by atoms with Crippen molar-refractivity contribution in [2.24, 2.45) is 0 Å². The number of pyridine rings is 1. The van der Waals surface area contributed by atoms with Gasteiger partial charge < -0.3 is 9.80 Å². The summed E-state index contributed by atoms with van der Waals surface area (Å²) < 4.78 is 40.4. The van der Waals surface area contributed by atoms with Gasteiger partial charge in [0.05, 0.1) is 16.1 Å². The van der Waals surface area contributed by atoms with Crippen molar-refractivity contribution in [2.45, 2.75) is 9.79 Å². The van der Waals surface area contributed by atoms with E-state index >= 15 is 0 Å². The number of para-hydroxylation sites is 1. The second-order valence-corrected chi connectivity index (χ2v) is 9.67. The molecule has 4 aromatic rings. The SMILES string of the molecule is O=S(=O)(c1ccccc1)c1cnc2ccccc2c1N1CCN(c2ccc(F)cc2)CC1. The number of aromatic nitrogens is 1. The van der Waals surface area contributed by atoms with Gasteiger partial charge in [-0.2, -0.15) is 0 Å². The summed E-state index contributed by atoms with van der Waals surface area (Å²) in [5, 5.41) is 0.819. The molecule has 1 aliphatic heterocycles. The Morgan fingerprint density at radius 2 is 1.38 bits per heavy atom. The van der Waals surface area contributed by atoms with E-state index in [1.54, 1.807) is 42.5 Å². The molecular weight excluding hydrogens is 425 g/mol. The van der Waals surface area contributed by atoms with E-state index in [0.717, 1.165) is 16.6 Å². The predicted octanol–water partition coefficient (Wildman–Crippen LogP) is 4.53. The average molecular weight is 448 g/mol. The molecule has 0 saturated carbocycles. The van der Waals surface area contributed by atoms with Crippen molar-refractivity contribution in [3.05, 3.63) is 90.9 Å². The lowest BCUT2D eigenvalue weighted by Crippen LogP contribution is -2.47. The van der Waals surface area contributed by atoms with Gasteiger partial charge in [0.25, 0.3) is 0 Å². The number of hydrogen-bond acceptors (Lipinski definition) is 5. The summed E-state index contributed by atoms with van der Waals surface area (Å²) in [6, 6.07) is 22.6. The fourth-order valence-corrected chi connectivity index (χ4v) is 5.65. The molecule has 0 spiro atoms. The maximum absolute atomic E-state index is 13.5. The van der Waals surface area contributed by atoms with Crippen LogP contribution in [-0.2, 0) is 9.84 Å². The average Bonchev–Trinajstić information content (AvgIpc) is 2.84. The molecule has 5 nitrogen and oxygen atoms in total. The summed E-state index contributed by atoms with van der Waals surface area (Å²) in [5.74, 6) is -0.258. The van der Waals surface area contributed by atoms with Crippen molar-refractivity contribution < 1.29 is 12.8 Å². The Morgan fingerprint density at radius 3 is 2.09 bits per heavy atom. The Kier molecular flexibility index (Phi) is 5.27. The van der Waals surface area contributed by atoms with Crippen LogP contribution in [0.25, 0.3) is 10.9 Å². The molecule has 0 radical (unpaired) electrons. The van der Waals surface area contributed by atoms with Gasteiger partial charge >= 0.3 is 0 Å². The third-order valence-corrected chi connectivity index (χ3v) is 7.61. The first kappa shape index (κ1) is 20.5. The molecule has 1 fully saturated rings. The highest BCUT2D eigenvalue weighted by Gasteiger charge is 2.28. The summed E-state index contributed by atoms with van der Waals surface area (Å²) in [6.07, 6.45) is 1.48. The second kappa shape index (κ2) is 8.24. The molecule has 162 valence electrons. The van der Waals surface area contributed by atoms with Crippen molar-refractivity contribution in [1.29, 1.82) is 0 Å². The number of piperazine rings is 1. The Hall–Kier alpha value is -3.45. The van der Waals surface area contributed by atoms with E-state index in [2.05, 4.69) is 14.8 Å². The van der Waals surface area contributed by atoms with E-state index in [0.29, 0.717) is 31.9 Å². The van der Waals surface area contributed by atoms with Crippen LogP contribution in [0.2, 0.25) is 0 Å². The third-order valence-electron chi connectivity index (χ3n) is 5.84. The minimum absolute atomic E-state index is 0.220. The zero-order valence-corrected chi connectivity index (χ0v) is 18.2. The molecule has 7 heteroatoms. The van der Waals surface area contributed by atoms with Crippen molar-refractivity contribution in [2.75, 3.05) is 36.0 Å². The Balaban J connectivity index is 1.55. The van der Waals surface area contributed by atoms with Crippen LogP contribution in [-0.4, -0.2) is 39.6 Å². The lowest BCUT2D eigenvalue weighted by Gasteiger charge is -2.38. The van der Waals surface area contributed by atoms with Crippen LogP contribution >= 0.6 is 0 Å². The van der Waals surface area contributed by atoms with Crippen molar-refractivity contribution >= 4 is 32.1 Å². The highest BCUT2D eigenvalue weighted by molar-refractivity contribution is 7.91. The molecule has 1 saturated heterocycles. The topological polar surface area (TPSA) is 53.5 Å². The van der Waals surface area contributed by atoms with E-state index in [1.165, 1.54) is 18.3 Å². The molecule has 0 amide bonds. The molecule has 0 aliphatic carbocycles. The van der Waals surface area contributed by atoms with E-state index < -0.39 is 9.84 Å². The van der Waals surface area contributed by atoms with Crippen LogP contribution in [0.15, 0.2) is 94.9 Å². The molecule has 0 N–H and O–H groups in total. The minimum Gasteiger partial charge on any atom is -0.368 e. The van der Waals surface area contributed by atoms with Gasteiger partial charge in [0, 0.05) is 43.4 Å². The smallest absolute Gasteiger partial charge is 0.210 e. The molecule has 0 unspecified atom stereocenters. The second-order valence-electron chi connectivity index (χ2n) is 7.76. The maximum Gasteiger partial charge on any atom is 0.210 e. The summed E-state index contributed by atoms with van der Waals surface area (Å²) in [5.41, 5.74) is 2.41. The van der Waals surface area contributed by atoms with E-state index in [9.17, 15) is 12.8 Å². The zero-order chi connectivity index (χ0) is 22.1. The number of benzene rings is 3. The zero-order valence-electron chi connectivity index (χ0n) is 17.4. The minimum atomic E-state index is -3.74. The Labute approximate surface area is 186 Å². The fourth-order valence-electron chi connectivity index (χ4n) is 4.20. The van der Waals surface area contributed by atoms with Crippen molar-refractivity contribution in [3.8, 4) is 0 Å². The van der Waals surface area contributed by atoms with Crippen LogP contribution in [0.4, 0.5) is 15.8 Å². The van der Waals surface area contributed by atoms with Gasteiger partial charge in [-0.3, -0.25) is 4.98 Å². The summed E-state index contributed by atoms with van der Waals surface area (Å²) in [4.78, 5) is 9.23. The van der Waals surface area contributed by atoms with Gasteiger partial charge in [-0.1, -0.05) is 36.4 Å².